The highest BCUT2D eigenvalue weighted by Crippen LogP contribution is 2.23. The van der Waals surface area contributed by atoms with Crippen LogP contribution >= 0.6 is 0 Å². The molecule has 0 aromatic rings. The third kappa shape index (κ3) is 5.36. The van der Waals surface area contributed by atoms with Gasteiger partial charge in [0.1, 0.15) is 0 Å². The Labute approximate surface area is 105 Å². The number of ether oxygens (including phenoxy) is 2. The molecule has 100 valence electrons. The van der Waals surface area contributed by atoms with Crippen molar-refractivity contribution in [1.29, 1.82) is 0 Å². The van der Waals surface area contributed by atoms with Crippen molar-refractivity contribution in [2.75, 3.05) is 39.5 Å². The second kappa shape index (κ2) is 8.06. The molecule has 1 N–H and O–H groups in total. The smallest absolute Gasteiger partial charge is 0.0591 e. The Morgan fingerprint density at radius 1 is 1.06 bits per heavy atom. The van der Waals surface area contributed by atoms with E-state index in [1.807, 2.05) is 0 Å². The summed E-state index contributed by atoms with van der Waals surface area (Å²) in [5.74, 6) is 1.57. The Kier molecular flexibility index (Phi) is 6.32. The zero-order valence-corrected chi connectivity index (χ0v) is 11.0. The molecule has 3 nitrogen and oxygen atoms in total. The zero-order valence-electron chi connectivity index (χ0n) is 11.0. The first-order chi connectivity index (χ1) is 8.45. The molecule has 1 heterocycles. The fraction of sp³-hybridized carbons (Fsp3) is 1.00. The lowest BCUT2D eigenvalue weighted by molar-refractivity contribution is 0.0863. The molecule has 2 rings (SSSR count). The molecule has 1 unspecified atom stereocenters. The topological polar surface area (TPSA) is 30.5 Å². The Morgan fingerprint density at radius 3 is 2.71 bits per heavy atom. The monoisotopic (exact) mass is 241 g/mol. The largest absolute Gasteiger partial charge is 0.381 e. The fourth-order valence-electron chi connectivity index (χ4n) is 2.80. The minimum Gasteiger partial charge on any atom is -0.381 e. The van der Waals surface area contributed by atoms with Crippen molar-refractivity contribution < 1.29 is 9.47 Å². The van der Waals surface area contributed by atoms with Gasteiger partial charge in [-0.25, -0.2) is 0 Å². The molecule has 0 aromatic carbocycles. The summed E-state index contributed by atoms with van der Waals surface area (Å²) in [6, 6.07) is 0. The molecular formula is C14H27NO2. The lowest BCUT2D eigenvalue weighted by atomic mass is 9.90. The first-order valence-corrected chi connectivity index (χ1v) is 7.31. The molecule has 0 bridgehead atoms. The standard InChI is InChI=1S/C14H27NO2/c1-2-4-13(5-3-1)11-17-9-7-15-10-14-6-8-16-12-14/h13-15H,1-12H2. The SMILES string of the molecule is C1CCC(COCCNCC2CCOC2)CC1. The van der Waals surface area contributed by atoms with Crippen molar-refractivity contribution in [3.8, 4) is 0 Å². The summed E-state index contributed by atoms with van der Waals surface area (Å²) in [5.41, 5.74) is 0. The van der Waals surface area contributed by atoms with E-state index in [-0.39, 0.29) is 0 Å². The van der Waals surface area contributed by atoms with Crippen LogP contribution in [0.25, 0.3) is 0 Å². The third-order valence-corrected chi connectivity index (χ3v) is 3.96. The van der Waals surface area contributed by atoms with Crippen LogP contribution in [0.2, 0.25) is 0 Å². The van der Waals surface area contributed by atoms with E-state index in [0.29, 0.717) is 0 Å². The van der Waals surface area contributed by atoms with E-state index >= 15 is 0 Å². The molecule has 1 aliphatic heterocycles. The van der Waals surface area contributed by atoms with E-state index in [4.69, 9.17) is 9.47 Å². The zero-order chi connectivity index (χ0) is 11.8. The highest BCUT2D eigenvalue weighted by atomic mass is 16.5. The van der Waals surface area contributed by atoms with E-state index in [0.717, 1.165) is 51.4 Å². The lowest BCUT2D eigenvalue weighted by Crippen LogP contribution is -2.27. The lowest BCUT2D eigenvalue weighted by Gasteiger charge is -2.21. The highest BCUT2D eigenvalue weighted by Gasteiger charge is 2.15. The van der Waals surface area contributed by atoms with Crippen LogP contribution < -0.4 is 5.32 Å². The third-order valence-electron chi connectivity index (χ3n) is 3.96. The second-order valence-corrected chi connectivity index (χ2v) is 5.51. The molecule has 0 radical (unpaired) electrons. The average molecular weight is 241 g/mol. The van der Waals surface area contributed by atoms with Crippen LogP contribution in [0.1, 0.15) is 38.5 Å². The Morgan fingerprint density at radius 2 is 1.94 bits per heavy atom. The predicted molar refractivity (Wildman–Crippen MR) is 69.2 cm³/mol. The molecule has 17 heavy (non-hydrogen) atoms. The second-order valence-electron chi connectivity index (χ2n) is 5.51. The van der Waals surface area contributed by atoms with Crippen LogP contribution in [0.3, 0.4) is 0 Å². The van der Waals surface area contributed by atoms with Gasteiger partial charge in [0, 0.05) is 26.3 Å². The minimum absolute atomic E-state index is 0.730. The van der Waals surface area contributed by atoms with Crippen LogP contribution in [0.15, 0.2) is 0 Å². The van der Waals surface area contributed by atoms with Gasteiger partial charge in [-0.3, -0.25) is 0 Å². The average Bonchev–Trinajstić information content (AvgIpc) is 2.88. The van der Waals surface area contributed by atoms with Gasteiger partial charge < -0.3 is 14.8 Å². The fourth-order valence-corrected chi connectivity index (χ4v) is 2.80. The Hall–Kier alpha value is -0.120. The molecule has 3 heteroatoms. The molecule has 1 saturated heterocycles. The molecular weight excluding hydrogens is 214 g/mol. The predicted octanol–water partition coefficient (Wildman–Crippen LogP) is 2.21. The van der Waals surface area contributed by atoms with E-state index in [2.05, 4.69) is 5.32 Å². The molecule has 0 aromatic heterocycles. The summed E-state index contributed by atoms with van der Waals surface area (Å²) in [6.07, 6.45) is 8.24. The molecule has 2 fully saturated rings. The maximum atomic E-state index is 5.74. The molecule has 0 amide bonds. The normalized spacial score (nSPS) is 26.5. The van der Waals surface area contributed by atoms with E-state index in [1.165, 1.54) is 38.5 Å². The van der Waals surface area contributed by atoms with Crippen LogP contribution in [0.5, 0.6) is 0 Å². The van der Waals surface area contributed by atoms with Gasteiger partial charge in [0.05, 0.1) is 13.2 Å². The van der Waals surface area contributed by atoms with Gasteiger partial charge in [-0.1, -0.05) is 19.3 Å². The van der Waals surface area contributed by atoms with E-state index < -0.39 is 0 Å². The van der Waals surface area contributed by atoms with Gasteiger partial charge in [0.2, 0.25) is 0 Å². The van der Waals surface area contributed by atoms with Gasteiger partial charge in [-0.2, -0.15) is 0 Å². The van der Waals surface area contributed by atoms with Crippen molar-refractivity contribution in [3.63, 3.8) is 0 Å². The van der Waals surface area contributed by atoms with Crippen molar-refractivity contribution in [2.45, 2.75) is 38.5 Å². The van der Waals surface area contributed by atoms with Gasteiger partial charge in [0.25, 0.3) is 0 Å². The van der Waals surface area contributed by atoms with Crippen molar-refractivity contribution >= 4 is 0 Å². The van der Waals surface area contributed by atoms with Crippen LogP contribution in [-0.4, -0.2) is 39.5 Å². The summed E-state index contributed by atoms with van der Waals surface area (Å²) in [5, 5.41) is 3.46. The summed E-state index contributed by atoms with van der Waals surface area (Å²) >= 11 is 0. The minimum atomic E-state index is 0.730. The highest BCUT2D eigenvalue weighted by molar-refractivity contribution is 4.67. The first kappa shape index (κ1) is 13.3. The van der Waals surface area contributed by atoms with Crippen LogP contribution in [0, 0.1) is 11.8 Å². The molecule has 1 aliphatic carbocycles. The summed E-state index contributed by atoms with van der Waals surface area (Å²) < 4.78 is 11.1. The van der Waals surface area contributed by atoms with Crippen molar-refractivity contribution in [2.24, 2.45) is 11.8 Å². The molecule has 1 atom stereocenters. The van der Waals surface area contributed by atoms with Crippen molar-refractivity contribution in [3.05, 3.63) is 0 Å². The summed E-state index contributed by atoms with van der Waals surface area (Å²) in [6.45, 7) is 5.81. The van der Waals surface area contributed by atoms with Gasteiger partial charge in [-0.05, 0) is 31.1 Å². The number of hydrogen-bond donors (Lipinski definition) is 1. The van der Waals surface area contributed by atoms with Gasteiger partial charge >= 0.3 is 0 Å². The Bertz CT molecular complexity index is 187. The molecule has 0 spiro atoms. The number of hydrogen-bond acceptors (Lipinski definition) is 3. The maximum absolute atomic E-state index is 5.74. The van der Waals surface area contributed by atoms with Crippen LogP contribution in [0.4, 0.5) is 0 Å². The summed E-state index contributed by atoms with van der Waals surface area (Å²) in [4.78, 5) is 0. The van der Waals surface area contributed by atoms with E-state index in [1.54, 1.807) is 0 Å². The van der Waals surface area contributed by atoms with E-state index in [9.17, 15) is 0 Å². The molecule has 2 aliphatic rings. The summed E-state index contributed by atoms with van der Waals surface area (Å²) in [7, 11) is 0. The first-order valence-electron chi connectivity index (χ1n) is 7.31. The van der Waals surface area contributed by atoms with Crippen molar-refractivity contribution in [1.82, 2.24) is 5.32 Å². The number of rotatable bonds is 7. The Balaban J connectivity index is 1.38. The maximum Gasteiger partial charge on any atom is 0.0591 e. The van der Waals surface area contributed by atoms with Gasteiger partial charge in [0.15, 0.2) is 0 Å². The quantitative estimate of drug-likeness (QED) is 0.693. The van der Waals surface area contributed by atoms with Crippen LogP contribution in [-0.2, 0) is 9.47 Å². The molecule has 1 saturated carbocycles. The van der Waals surface area contributed by atoms with Gasteiger partial charge in [-0.15, -0.1) is 0 Å². The number of nitrogens with one attached hydrogen (secondary N) is 1.